The lowest BCUT2D eigenvalue weighted by Crippen LogP contribution is -2.37. The van der Waals surface area contributed by atoms with Gasteiger partial charge in [-0.05, 0) is 52.7 Å². The van der Waals surface area contributed by atoms with Crippen LogP contribution in [0.4, 0.5) is 11.6 Å². The lowest BCUT2D eigenvalue weighted by atomic mass is 9.93. The van der Waals surface area contributed by atoms with E-state index in [2.05, 4.69) is 42.9 Å². The topological polar surface area (TPSA) is 49.3 Å². The maximum atomic E-state index is 12.7. The second kappa shape index (κ2) is 7.12. The second-order valence-electron chi connectivity index (χ2n) is 6.76. The molecule has 0 atom stereocenters. The normalized spacial score (nSPS) is 17.6. The predicted octanol–water partition coefficient (Wildman–Crippen LogP) is 3.43. The lowest BCUT2D eigenvalue weighted by molar-refractivity contribution is -0.119. The minimum atomic E-state index is 0.267. The quantitative estimate of drug-likeness (QED) is 0.791. The van der Waals surface area contributed by atoms with Gasteiger partial charge in [-0.25, -0.2) is 9.97 Å². The highest BCUT2D eigenvalue weighted by atomic mass is 79.9. The van der Waals surface area contributed by atoms with E-state index in [4.69, 9.17) is 0 Å². The van der Waals surface area contributed by atoms with E-state index >= 15 is 0 Å². The largest absolute Gasteiger partial charge is 0.341 e. The van der Waals surface area contributed by atoms with E-state index in [1.807, 2.05) is 17.0 Å². The molecule has 1 amide bonds. The van der Waals surface area contributed by atoms with Crippen molar-refractivity contribution in [3.8, 4) is 0 Å². The number of carbonyl (C=O) groups is 1. The second-order valence-corrected chi connectivity index (χ2v) is 7.68. The fourth-order valence-corrected chi connectivity index (χ4v) is 3.97. The summed E-state index contributed by atoms with van der Waals surface area (Å²) < 4.78 is 0.891. The number of carbonyl (C=O) groups excluding carboxylic acids is 1. The van der Waals surface area contributed by atoms with Crippen molar-refractivity contribution in [2.45, 2.75) is 25.7 Å². The van der Waals surface area contributed by atoms with Crippen LogP contribution in [0.1, 0.15) is 24.8 Å². The van der Waals surface area contributed by atoms with Gasteiger partial charge >= 0.3 is 0 Å². The molecule has 2 aliphatic rings. The molecule has 0 spiro atoms. The highest BCUT2D eigenvalue weighted by molar-refractivity contribution is 9.10. The van der Waals surface area contributed by atoms with E-state index in [-0.39, 0.29) is 5.91 Å². The maximum absolute atomic E-state index is 12.7. The number of aromatic nitrogens is 2. The first-order chi connectivity index (χ1) is 12.2. The van der Waals surface area contributed by atoms with Crippen molar-refractivity contribution >= 4 is 33.5 Å². The zero-order valence-corrected chi connectivity index (χ0v) is 15.7. The molecular formula is C19H21BrN4O. The number of hydrogen-bond acceptors (Lipinski definition) is 4. The van der Waals surface area contributed by atoms with Crippen LogP contribution < -0.4 is 9.80 Å². The van der Waals surface area contributed by atoms with Crippen molar-refractivity contribution < 1.29 is 4.79 Å². The van der Waals surface area contributed by atoms with Crippen LogP contribution in [0.15, 0.2) is 41.1 Å². The van der Waals surface area contributed by atoms with Gasteiger partial charge in [-0.2, -0.15) is 0 Å². The molecule has 0 aliphatic carbocycles. The van der Waals surface area contributed by atoms with Crippen LogP contribution in [0.3, 0.4) is 0 Å². The van der Waals surface area contributed by atoms with E-state index in [1.54, 1.807) is 12.4 Å². The summed E-state index contributed by atoms with van der Waals surface area (Å²) >= 11 is 3.36. The Kier molecular flexibility index (Phi) is 4.70. The van der Waals surface area contributed by atoms with Gasteiger partial charge in [0.15, 0.2) is 0 Å². The zero-order valence-electron chi connectivity index (χ0n) is 14.1. The molecule has 1 aromatic heterocycles. The zero-order chi connectivity index (χ0) is 17.2. The molecule has 6 heteroatoms. The van der Waals surface area contributed by atoms with Crippen LogP contribution in [0, 0.1) is 5.92 Å². The lowest BCUT2D eigenvalue weighted by Gasteiger charge is -2.32. The third-order valence-corrected chi connectivity index (χ3v) is 5.57. The van der Waals surface area contributed by atoms with E-state index in [9.17, 15) is 4.79 Å². The summed E-state index contributed by atoms with van der Waals surface area (Å²) in [4.78, 5) is 25.7. The SMILES string of the molecule is O=C(CC1CCN(c2ncc(Br)cn2)CC1)N1CCc2ccccc21. The van der Waals surface area contributed by atoms with E-state index in [0.717, 1.165) is 55.0 Å². The molecule has 5 nitrogen and oxygen atoms in total. The van der Waals surface area contributed by atoms with Crippen molar-refractivity contribution in [1.29, 1.82) is 0 Å². The van der Waals surface area contributed by atoms with Gasteiger partial charge in [0.1, 0.15) is 0 Å². The molecule has 0 N–H and O–H groups in total. The number of fused-ring (bicyclic) bond motifs is 1. The molecule has 0 saturated carbocycles. The average molecular weight is 401 g/mol. The summed E-state index contributed by atoms with van der Waals surface area (Å²) in [5.41, 5.74) is 2.39. The van der Waals surface area contributed by atoms with Crippen molar-refractivity contribution in [2.75, 3.05) is 29.4 Å². The van der Waals surface area contributed by atoms with Crippen molar-refractivity contribution in [1.82, 2.24) is 9.97 Å². The van der Waals surface area contributed by atoms with Crippen molar-refractivity contribution in [2.24, 2.45) is 5.92 Å². The summed E-state index contributed by atoms with van der Waals surface area (Å²) in [5.74, 6) is 1.50. The third-order valence-electron chi connectivity index (χ3n) is 5.16. The number of hydrogen-bond donors (Lipinski definition) is 0. The molecule has 2 aliphatic heterocycles. The summed E-state index contributed by atoms with van der Waals surface area (Å²) in [6, 6.07) is 8.25. The predicted molar refractivity (Wildman–Crippen MR) is 102 cm³/mol. The first kappa shape index (κ1) is 16.5. The Balaban J connectivity index is 1.33. The minimum Gasteiger partial charge on any atom is -0.341 e. The molecule has 0 unspecified atom stereocenters. The molecule has 1 fully saturated rings. The van der Waals surface area contributed by atoms with Gasteiger partial charge in [-0.3, -0.25) is 4.79 Å². The number of amides is 1. The summed E-state index contributed by atoms with van der Waals surface area (Å²) in [6.45, 7) is 2.65. The molecular weight excluding hydrogens is 380 g/mol. The van der Waals surface area contributed by atoms with E-state index in [0.29, 0.717) is 12.3 Å². The smallest absolute Gasteiger partial charge is 0.227 e. The van der Waals surface area contributed by atoms with Gasteiger partial charge in [0.2, 0.25) is 11.9 Å². The Hall–Kier alpha value is -1.95. The van der Waals surface area contributed by atoms with Gasteiger partial charge in [-0.15, -0.1) is 0 Å². The van der Waals surface area contributed by atoms with E-state index in [1.165, 1.54) is 5.56 Å². The van der Waals surface area contributed by atoms with Crippen LogP contribution in [-0.4, -0.2) is 35.5 Å². The van der Waals surface area contributed by atoms with Crippen LogP contribution in [0.5, 0.6) is 0 Å². The fourth-order valence-electron chi connectivity index (χ4n) is 3.76. The van der Waals surface area contributed by atoms with Crippen molar-refractivity contribution in [3.63, 3.8) is 0 Å². The number of anilines is 2. The number of para-hydroxylation sites is 1. The molecule has 0 bridgehead atoms. The molecule has 3 heterocycles. The number of halogens is 1. The Morgan fingerprint density at radius 2 is 1.84 bits per heavy atom. The molecule has 1 saturated heterocycles. The monoisotopic (exact) mass is 400 g/mol. The van der Waals surface area contributed by atoms with Crippen LogP contribution in [-0.2, 0) is 11.2 Å². The molecule has 25 heavy (non-hydrogen) atoms. The first-order valence-corrected chi connectivity index (χ1v) is 9.61. The van der Waals surface area contributed by atoms with Gasteiger partial charge in [0.05, 0.1) is 4.47 Å². The standard InChI is InChI=1S/C19H21BrN4O/c20-16-12-21-19(22-13-16)23-8-5-14(6-9-23)11-18(25)24-10-7-15-3-1-2-4-17(15)24/h1-4,12-14H,5-11H2. The molecule has 2 aromatic rings. The molecule has 1 aromatic carbocycles. The van der Waals surface area contributed by atoms with Gasteiger partial charge in [0.25, 0.3) is 0 Å². The fraction of sp³-hybridized carbons (Fsp3) is 0.421. The highest BCUT2D eigenvalue weighted by Gasteiger charge is 2.28. The minimum absolute atomic E-state index is 0.267. The summed E-state index contributed by atoms with van der Waals surface area (Å²) in [7, 11) is 0. The Bertz CT molecular complexity index is 756. The summed E-state index contributed by atoms with van der Waals surface area (Å²) in [5, 5.41) is 0. The first-order valence-electron chi connectivity index (χ1n) is 8.81. The highest BCUT2D eigenvalue weighted by Crippen LogP contribution is 2.30. The van der Waals surface area contributed by atoms with Crippen LogP contribution >= 0.6 is 15.9 Å². The Morgan fingerprint density at radius 3 is 2.60 bits per heavy atom. The molecule has 130 valence electrons. The van der Waals surface area contributed by atoms with Crippen LogP contribution in [0.2, 0.25) is 0 Å². The van der Waals surface area contributed by atoms with Gasteiger partial charge in [-0.1, -0.05) is 18.2 Å². The Labute approximate surface area is 156 Å². The Morgan fingerprint density at radius 1 is 1.12 bits per heavy atom. The summed E-state index contributed by atoms with van der Waals surface area (Å²) in [6.07, 6.45) is 7.21. The number of piperidine rings is 1. The van der Waals surface area contributed by atoms with Gasteiger partial charge in [0, 0.05) is 44.1 Å². The number of nitrogens with zero attached hydrogens (tertiary/aromatic N) is 4. The average Bonchev–Trinajstić information content (AvgIpc) is 3.07. The maximum Gasteiger partial charge on any atom is 0.227 e. The third kappa shape index (κ3) is 3.54. The van der Waals surface area contributed by atoms with Crippen molar-refractivity contribution in [3.05, 3.63) is 46.7 Å². The van der Waals surface area contributed by atoms with Gasteiger partial charge < -0.3 is 9.80 Å². The molecule has 4 rings (SSSR count). The number of benzene rings is 1. The molecule has 0 radical (unpaired) electrons. The van der Waals surface area contributed by atoms with E-state index < -0.39 is 0 Å². The van der Waals surface area contributed by atoms with Crippen LogP contribution in [0.25, 0.3) is 0 Å². The number of rotatable bonds is 3.